The van der Waals surface area contributed by atoms with Crippen molar-refractivity contribution in [2.75, 3.05) is 18.6 Å². The maximum absolute atomic E-state index is 14.0. The van der Waals surface area contributed by atoms with E-state index in [1.165, 1.54) is 13.2 Å². The zero-order chi connectivity index (χ0) is 15.4. The number of benzene rings is 1. The van der Waals surface area contributed by atoms with Gasteiger partial charge in [-0.25, -0.2) is 8.78 Å². The predicted molar refractivity (Wildman–Crippen MR) is 77.9 cm³/mol. The first kappa shape index (κ1) is 15.5. The summed E-state index contributed by atoms with van der Waals surface area (Å²) in [7, 11) is 1.42. The fraction of sp³-hybridized carbons (Fsp3) is 0.438. The number of carbonyl (C=O) groups excluding carboxylic acids is 1. The Bertz CT molecular complexity index is 546. The van der Waals surface area contributed by atoms with Gasteiger partial charge in [0.1, 0.15) is 12.0 Å². The lowest BCUT2D eigenvalue weighted by molar-refractivity contribution is -0.109. The summed E-state index contributed by atoms with van der Waals surface area (Å²) in [6.07, 6.45) is 5.08. The summed E-state index contributed by atoms with van der Waals surface area (Å²) in [4.78, 5) is 13.0. The number of piperidine rings is 1. The van der Waals surface area contributed by atoms with Crippen molar-refractivity contribution >= 4 is 12.0 Å². The number of ether oxygens (including phenoxy) is 1. The van der Waals surface area contributed by atoms with E-state index in [0.717, 1.165) is 25.2 Å². The average Bonchev–Trinajstić information content (AvgIpc) is 2.51. The van der Waals surface area contributed by atoms with Crippen molar-refractivity contribution in [2.45, 2.75) is 31.7 Å². The Hall–Kier alpha value is -1.91. The van der Waals surface area contributed by atoms with E-state index in [-0.39, 0.29) is 23.8 Å². The number of hydrogen-bond acceptors (Lipinski definition) is 3. The Balaban J connectivity index is 2.56. The number of anilines is 1. The van der Waals surface area contributed by atoms with Gasteiger partial charge in [0.25, 0.3) is 0 Å². The van der Waals surface area contributed by atoms with Gasteiger partial charge in [-0.05, 0) is 25.7 Å². The van der Waals surface area contributed by atoms with Gasteiger partial charge in [0.05, 0.1) is 18.8 Å². The molecule has 21 heavy (non-hydrogen) atoms. The topological polar surface area (TPSA) is 29.5 Å². The molecule has 0 aliphatic carbocycles. The molecule has 0 bridgehead atoms. The fourth-order valence-electron chi connectivity index (χ4n) is 2.81. The van der Waals surface area contributed by atoms with Gasteiger partial charge < -0.3 is 14.4 Å². The summed E-state index contributed by atoms with van der Waals surface area (Å²) < 4.78 is 33.2. The molecule has 0 spiro atoms. The van der Waals surface area contributed by atoms with Crippen LogP contribution in [0.4, 0.5) is 14.5 Å². The molecular weight excluding hydrogens is 276 g/mol. The van der Waals surface area contributed by atoms with Crippen LogP contribution in [0.2, 0.25) is 0 Å². The van der Waals surface area contributed by atoms with E-state index in [9.17, 15) is 13.6 Å². The summed E-state index contributed by atoms with van der Waals surface area (Å²) >= 11 is 0. The Morgan fingerprint density at radius 3 is 2.86 bits per heavy atom. The predicted octanol–water partition coefficient (Wildman–Crippen LogP) is 3.26. The Morgan fingerprint density at radius 1 is 1.48 bits per heavy atom. The third-order valence-corrected chi connectivity index (χ3v) is 3.81. The standard InChI is InChI=1S/C16H19F2NO2/c1-3-6-12-15(18)13(17)9-14(16(12)21-2)19-8-5-4-7-11(19)10-20/h3,9-11H,1,4-8H2,2H3. The molecule has 0 aromatic heterocycles. The Labute approximate surface area is 123 Å². The number of hydrogen-bond donors (Lipinski definition) is 0. The molecule has 1 saturated heterocycles. The number of halogens is 2. The molecule has 1 aromatic carbocycles. The number of rotatable bonds is 5. The zero-order valence-corrected chi connectivity index (χ0v) is 12.1. The van der Waals surface area contributed by atoms with Crippen LogP contribution >= 0.6 is 0 Å². The average molecular weight is 295 g/mol. The van der Waals surface area contributed by atoms with E-state index in [1.807, 2.05) is 0 Å². The molecular formula is C16H19F2NO2. The van der Waals surface area contributed by atoms with Crippen molar-refractivity contribution < 1.29 is 18.3 Å². The molecule has 1 aromatic rings. The summed E-state index contributed by atoms with van der Waals surface area (Å²) in [6, 6.07) is 0.789. The SMILES string of the molecule is C=CCc1c(F)c(F)cc(N2CCCCC2C=O)c1OC. The second kappa shape index (κ2) is 6.70. The van der Waals surface area contributed by atoms with Gasteiger partial charge in [-0.15, -0.1) is 6.58 Å². The van der Waals surface area contributed by atoms with Gasteiger partial charge >= 0.3 is 0 Å². The van der Waals surface area contributed by atoms with Crippen LogP contribution < -0.4 is 9.64 Å². The van der Waals surface area contributed by atoms with Gasteiger partial charge in [0, 0.05) is 18.2 Å². The van der Waals surface area contributed by atoms with Crippen molar-refractivity contribution in [3.63, 3.8) is 0 Å². The maximum Gasteiger partial charge on any atom is 0.166 e. The molecule has 0 saturated carbocycles. The van der Waals surface area contributed by atoms with Crippen LogP contribution in [0.1, 0.15) is 24.8 Å². The van der Waals surface area contributed by atoms with Gasteiger partial charge in [-0.2, -0.15) is 0 Å². The van der Waals surface area contributed by atoms with Crippen LogP contribution in [0.25, 0.3) is 0 Å². The first-order chi connectivity index (χ1) is 10.1. The largest absolute Gasteiger partial charge is 0.494 e. The third kappa shape index (κ3) is 2.91. The van der Waals surface area contributed by atoms with Gasteiger partial charge in [-0.3, -0.25) is 0 Å². The van der Waals surface area contributed by atoms with E-state index in [0.29, 0.717) is 18.7 Å². The Kier molecular flexibility index (Phi) is 4.94. The monoisotopic (exact) mass is 295 g/mol. The number of nitrogens with zero attached hydrogens (tertiary/aromatic N) is 1. The molecule has 1 heterocycles. The highest BCUT2D eigenvalue weighted by Gasteiger charge is 2.28. The molecule has 0 radical (unpaired) electrons. The first-order valence-electron chi connectivity index (χ1n) is 7.01. The van der Waals surface area contributed by atoms with Crippen LogP contribution in [0.5, 0.6) is 5.75 Å². The van der Waals surface area contributed by atoms with Crippen molar-refractivity contribution in [3.05, 3.63) is 35.9 Å². The number of carbonyl (C=O) groups is 1. The lowest BCUT2D eigenvalue weighted by atomic mass is 10.00. The summed E-state index contributed by atoms with van der Waals surface area (Å²) in [6.45, 7) is 4.18. The molecule has 3 nitrogen and oxygen atoms in total. The molecule has 0 amide bonds. The summed E-state index contributed by atoms with van der Waals surface area (Å²) in [5, 5.41) is 0. The van der Waals surface area contributed by atoms with Crippen LogP contribution in [-0.4, -0.2) is 26.0 Å². The van der Waals surface area contributed by atoms with Gasteiger partial charge in [-0.1, -0.05) is 6.08 Å². The van der Waals surface area contributed by atoms with Crippen molar-refractivity contribution in [2.24, 2.45) is 0 Å². The minimum atomic E-state index is -0.933. The highest BCUT2D eigenvalue weighted by molar-refractivity contribution is 5.71. The highest BCUT2D eigenvalue weighted by Crippen LogP contribution is 2.38. The van der Waals surface area contributed by atoms with Crippen molar-refractivity contribution in [1.29, 1.82) is 0 Å². The molecule has 1 unspecified atom stereocenters. The quantitative estimate of drug-likeness (QED) is 0.617. The number of allylic oxidation sites excluding steroid dienone is 1. The minimum Gasteiger partial charge on any atom is -0.494 e. The summed E-state index contributed by atoms with van der Waals surface area (Å²) in [5.74, 6) is -1.57. The lowest BCUT2D eigenvalue weighted by Crippen LogP contribution is -2.41. The number of aldehydes is 1. The minimum absolute atomic E-state index is 0.137. The molecule has 0 N–H and O–H groups in total. The smallest absolute Gasteiger partial charge is 0.166 e. The van der Waals surface area contributed by atoms with E-state index in [2.05, 4.69) is 6.58 Å². The van der Waals surface area contributed by atoms with E-state index in [1.54, 1.807) is 4.90 Å². The van der Waals surface area contributed by atoms with Crippen molar-refractivity contribution in [1.82, 2.24) is 0 Å². The van der Waals surface area contributed by atoms with Crippen LogP contribution in [0.3, 0.4) is 0 Å². The molecule has 1 aliphatic heterocycles. The second-order valence-corrected chi connectivity index (χ2v) is 5.09. The molecule has 114 valence electrons. The molecule has 1 atom stereocenters. The van der Waals surface area contributed by atoms with Gasteiger partial charge in [0.2, 0.25) is 0 Å². The first-order valence-corrected chi connectivity index (χ1v) is 7.01. The van der Waals surface area contributed by atoms with Crippen LogP contribution in [-0.2, 0) is 11.2 Å². The molecule has 2 rings (SSSR count). The van der Waals surface area contributed by atoms with E-state index in [4.69, 9.17) is 4.74 Å². The second-order valence-electron chi connectivity index (χ2n) is 5.09. The van der Waals surface area contributed by atoms with E-state index < -0.39 is 11.6 Å². The normalized spacial score (nSPS) is 18.4. The maximum atomic E-state index is 14.0. The number of methoxy groups -OCH3 is 1. The van der Waals surface area contributed by atoms with Crippen molar-refractivity contribution in [3.8, 4) is 5.75 Å². The van der Waals surface area contributed by atoms with E-state index >= 15 is 0 Å². The molecule has 1 fully saturated rings. The molecule has 5 heteroatoms. The van der Waals surface area contributed by atoms with Gasteiger partial charge in [0.15, 0.2) is 11.6 Å². The van der Waals surface area contributed by atoms with Crippen LogP contribution in [0, 0.1) is 11.6 Å². The highest BCUT2D eigenvalue weighted by atomic mass is 19.2. The fourth-order valence-corrected chi connectivity index (χ4v) is 2.81. The summed E-state index contributed by atoms with van der Waals surface area (Å²) in [5.41, 5.74) is 0.572. The Morgan fingerprint density at radius 2 is 2.24 bits per heavy atom. The zero-order valence-electron chi connectivity index (χ0n) is 12.1. The third-order valence-electron chi connectivity index (χ3n) is 3.81. The van der Waals surface area contributed by atoms with Crippen LogP contribution in [0.15, 0.2) is 18.7 Å². The lowest BCUT2D eigenvalue weighted by Gasteiger charge is -2.35. The molecule has 1 aliphatic rings.